The number of unbranched alkanes of at least 4 members (excludes halogenated alkanes) is 1. The van der Waals surface area contributed by atoms with Gasteiger partial charge in [-0.3, -0.25) is 0 Å². The summed E-state index contributed by atoms with van der Waals surface area (Å²) in [7, 11) is 3.21. The Bertz CT molecular complexity index is 1030. The largest absolute Gasteiger partial charge is 0.478 e. The lowest BCUT2D eigenvalue weighted by Gasteiger charge is -2.26. The van der Waals surface area contributed by atoms with Gasteiger partial charge in [0.25, 0.3) is 0 Å². The van der Waals surface area contributed by atoms with Crippen LogP contribution in [0.2, 0.25) is 0 Å². The third kappa shape index (κ3) is 4.89. The first-order chi connectivity index (χ1) is 15.5. The summed E-state index contributed by atoms with van der Waals surface area (Å²) >= 11 is 0. The van der Waals surface area contributed by atoms with Gasteiger partial charge in [0.15, 0.2) is 0 Å². The molecule has 170 valence electrons. The van der Waals surface area contributed by atoms with E-state index in [0.29, 0.717) is 24.4 Å². The van der Waals surface area contributed by atoms with Crippen LogP contribution in [0.15, 0.2) is 48.5 Å². The fourth-order valence-electron chi connectivity index (χ4n) is 3.78. The lowest BCUT2D eigenvalue weighted by Crippen LogP contribution is -2.31. The van der Waals surface area contributed by atoms with Gasteiger partial charge in [-0.05, 0) is 29.2 Å². The SMILES string of the molecule is CCCCc1nc(C(CC)(OC)OC)nn1Cc1ccc(-c2ccccc2C(=O)O)cc1. The van der Waals surface area contributed by atoms with E-state index in [-0.39, 0.29) is 5.56 Å². The molecule has 2 aromatic carbocycles. The van der Waals surface area contributed by atoms with Gasteiger partial charge in [-0.2, -0.15) is 0 Å². The molecule has 0 atom stereocenters. The van der Waals surface area contributed by atoms with Crippen LogP contribution in [0.1, 0.15) is 60.7 Å². The molecule has 0 spiro atoms. The zero-order chi connectivity index (χ0) is 23.1. The minimum atomic E-state index is -0.962. The number of rotatable bonds is 11. The number of ether oxygens (including phenoxy) is 2. The first-order valence-corrected chi connectivity index (χ1v) is 10.9. The molecule has 1 heterocycles. The van der Waals surface area contributed by atoms with Crippen molar-refractivity contribution in [3.8, 4) is 11.1 Å². The minimum absolute atomic E-state index is 0.290. The molecule has 0 aliphatic heterocycles. The Morgan fingerprint density at radius 3 is 2.34 bits per heavy atom. The van der Waals surface area contributed by atoms with Gasteiger partial charge in [0.2, 0.25) is 11.6 Å². The Balaban J connectivity index is 1.90. The molecule has 0 amide bonds. The van der Waals surface area contributed by atoms with Crippen LogP contribution in [0, 0.1) is 0 Å². The molecule has 0 fully saturated rings. The Hall–Kier alpha value is -3.03. The maximum atomic E-state index is 11.5. The molecule has 0 saturated heterocycles. The lowest BCUT2D eigenvalue weighted by atomic mass is 9.99. The Labute approximate surface area is 189 Å². The monoisotopic (exact) mass is 437 g/mol. The topological polar surface area (TPSA) is 86.5 Å². The molecule has 0 unspecified atom stereocenters. The number of hydrogen-bond donors (Lipinski definition) is 1. The number of benzene rings is 2. The van der Waals surface area contributed by atoms with Crippen molar-refractivity contribution in [2.75, 3.05) is 14.2 Å². The van der Waals surface area contributed by atoms with E-state index in [1.165, 1.54) is 0 Å². The fourth-order valence-corrected chi connectivity index (χ4v) is 3.78. The lowest BCUT2D eigenvalue weighted by molar-refractivity contribution is -0.222. The highest BCUT2D eigenvalue weighted by atomic mass is 16.7. The molecule has 3 aromatic rings. The summed E-state index contributed by atoms with van der Waals surface area (Å²) in [5.74, 6) is -0.468. The Kier molecular flexibility index (Phi) is 7.77. The average molecular weight is 438 g/mol. The van der Waals surface area contributed by atoms with E-state index in [2.05, 4.69) is 6.92 Å². The number of carboxylic acids is 1. The maximum Gasteiger partial charge on any atom is 0.336 e. The van der Waals surface area contributed by atoms with Crippen molar-refractivity contribution in [2.24, 2.45) is 0 Å². The summed E-state index contributed by atoms with van der Waals surface area (Å²) < 4.78 is 13.2. The van der Waals surface area contributed by atoms with E-state index in [1.54, 1.807) is 26.4 Å². The number of carboxylic acid groups (broad SMARTS) is 1. The molecule has 7 heteroatoms. The van der Waals surface area contributed by atoms with Gasteiger partial charge in [0, 0.05) is 27.1 Å². The molecule has 7 nitrogen and oxygen atoms in total. The highest BCUT2D eigenvalue weighted by Crippen LogP contribution is 2.28. The predicted molar refractivity (Wildman–Crippen MR) is 123 cm³/mol. The number of carbonyl (C=O) groups is 1. The minimum Gasteiger partial charge on any atom is -0.478 e. The van der Waals surface area contributed by atoms with Crippen LogP contribution in [0.3, 0.4) is 0 Å². The summed E-state index contributed by atoms with van der Waals surface area (Å²) in [6.07, 6.45) is 3.49. The zero-order valence-corrected chi connectivity index (χ0v) is 19.2. The molecule has 0 aliphatic carbocycles. The van der Waals surface area contributed by atoms with Gasteiger partial charge in [0.05, 0.1) is 12.1 Å². The van der Waals surface area contributed by atoms with Crippen molar-refractivity contribution in [2.45, 2.75) is 51.9 Å². The second-order valence-corrected chi connectivity index (χ2v) is 7.68. The number of aromatic nitrogens is 3. The van der Waals surface area contributed by atoms with E-state index in [4.69, 9.17) is 19.6 Å². The van der Waals surface area contributed by atoms with Gasteiger partial charge in [-0.1, -0.05) is 62.7 Å². The molecule has 1 aromatic heterocycles. The first kappa shape index (κ1) is 23.6. The van der Waals surface area contributed by atoms with Crippen LogP contribution in [0.5, 0.6) is 0 Å². The van der Waals surface area contributed by atoms with Crippen LogP contribution < -0.4 is 0 Å². The highest BCUT2D eigenvalue weighted by molar-refractivity contribution is 5.95. The maximum absolute atomic E-state index is 11.5. The van der Waals surface area contributed by atoms with E-state index >= 15 is 0 Å². The van der Waals surface area contributed by atoms with Crippen molar-refractivity contribution in [1.82, 2.24) is 14.8 Å². The highest BCUT2D eigenvalue weighted by Gasteiger charge is 2.35. The van der Waals surface area contributed by atoms with Crippen LogP contribution in [0.4, 0.5) is 0 Å². The van der Waals surface area contributed by atoms with Crippen molar-refractivity contribution in [1.29, 1.82) is 0 Å². The van der Waals surface area contributed by atoms with Gasteiger partial charge in [0.1, 0.15) is 5.82 Å². The van der Waals surface area contributed by atoms with E-state index in [0.717, 1.165) is 36.2 Å². The molecular formula is C25H31N3O4. The van der Waals surface area contributed by atoms with Crippen molar-refractivity contribution in [3.05, 3.63) is 71.3 Å². The molecule has 32 heavy (non-hydrogen) atoms. The second kappa shape index (κ2) is 10.5. The average Bonchev–Trinajstić information content (AvgIpc) is 3.22. The summed E-state index contributed by atoms with van der Waals surface area (Å²) in [5.41, 5.74) is 2.90. The zero-order valence-electron chi connectivity index (χ0n) is 19.2. The smallest absolute Gasteiger partial charge is 0.336 e. The summed E-state index contributed by atoms with van der Waals surface area (Å²) in [6.45, 7) is 4.68. The standard InChI is InChI=1S/C25H31N3O4/c1-5-7-12-22-26-24(25(6-2,31-3)32-4)27-28(22)17-18-13-15-19(16-14-18)20-10-8-9-11-21(20)23(29)30/h8-11,13-16H,5-7,12,17H2,1-4H3,(H,29,30). The van der Waals surface area contributed by atoms with Crippen molar-refractivity contribution in [3.63, 3.8) is 0 Å². The van der Waals surface area contributed by atoms with E-state index in [9.17, 15) is 9.90 Å². The number of aromatic carboxylic acids is 1. The van der Waals surface area contributed by atoms with Crippen molar-refractivity contribution >= 4 is 5.97 Å². The van der Waals surface area contributed by atoms with Crippen molar-refractivity contribution < 1.29 is 19.4 Å². The molecule has 0 aliphatic rings. The molecular weight excluding hydrogens is 406 g/mol. The van der Waals surface area contributed by atoms with Gasteiger partial charge >= 0.3 is 5.97 Å². The third-order valence-corrected chi connectivity index (χ3v) is 5.72. The fraction of sp³-hybridized carbons (Fsp3) is 0.400. The van der Waals surface area contributed by atoms with E-state index < -0.39 is 11.8 Å². The number of methoxy groups -OCH3 is 2. The number of aryl methyl sites for hydroxylation is 1. The van der Waals surface area contributed by atoms with E-state index in [1.807, 2.05) is 48.0 Å². The second-order valence-electron chi connectivity index (χ2n) is 7.68. The van der Waals surface area contributed by atoms with Gasteiger partial charge < -0.3 is 14.6 Å². The normalized spacial score (nSPS) is 11.6. The molecule has 0 saturated carbocycles. The molecule has 3 rings (SSSR count). The summed E-state index contributed by atoms with van der Waals surface area (Å²) in [5, 5.41) is 14.2. The third-order valence-electron chi connectivity index (χ3n) is 5.72. The summed E-state index contributed by atoms with van der Waals surface area (Å²) in [4.78, 5) is 16.3. The van der Waals surface area contributed by atoms with Crippen LogP contribution >= 0.6 is 0 Å². The van der Waals surface area contributed by atoms with Crippen LogP contribution in [-0.4, -0.2) is 40.1 Å². The number of nitrogens with zero attached hydrogens (tertiary/aromatic N) is 3. The molecule has 0 radical (unpaired) electrons. The molecule has 1 N–H and O–H groups in total. The Morgan fingerprint density at radius 2 is 1.75 bits per heavy atom. The Morgan fingerprint density at radius 1 is 1.06 bits per heavy atom. The van der Waals surface area contributed by atoms with Crippen LogP contribution in [-0.2, 0) is 28.2 Å². The summed E-state index contributed by atoms with van der Waals surface area (Å²) in [6, 6.07) is 14.9. The number of hydrogen-bond acceptors (Lipinski definition) is 5. The van der Waals surface area contributed by atoms with Crippen LogP contribution in [0.25, 0.3) is 11.1 Å². The quantitative estimate of drug-likeness (QED) is 0.430. The first-order valence-electron chi connectivity index (χ1n) is 10.9. The van der Waals surface area contributed by atoms with Gasteiger partial charge in [-0.25, -0.2) is 14.5 Å². The molecule has 0 bridgehead atoms. The predicted octanol–water partition coefficient (Wildman–Crippen LogP) is 4.89. The van der Waals surface area contributed by atoms with Gasteiger partial charge in [-0.15, -0.1) is 5.10 Å².